The highest BCUT2D eigenvalue weighted by atomic mass is 16.5. The summed E-state index contributed by atoms with van der Waals surface area (Å²) in [6.07, 6.45) is 11.1. The van der Waals surface area contributed by atoms with Crippen molar-refractivity contribution >= 4 is 0 Å². The zero-order chi connectivity index (χ0) is 24.4. The highest BCUT2D eigenvalue weighted by molar-refractivity contribution is 5.58. The number of ether oxygens (including phenoxy) is 1. The van der Waals surface area contributed by atoms with Gasteiger partial charge in [0.05, 0.1) is 0 Å². The molecule has 2 N–H and O–H groups in total. The minimum Gasteiger partial charge on any atom is -0.507 e. The Morgan fingerprint density at radius 1 is 0.485 bits per heavy atom. The molecule has 184 valence electrons. The minimum absolute atomic E-state index is 0.465. The van der Waals surface area contributed by atoms with E-state index in [9.17, 15) is 10.2 Å². The maximum atomic E-state index is 11.1. The molecule has 3 heteroatoms. The molecule has 0 heterocycles. The number of phenols is 2. The predicted molar refractivity (Wildman–Crippen MR) is 140 cm³/mol. The first-order valence-corrected chi connectivity index (χ1v) is 13.4. The molecule has 0 fully saturated rings. The molecule has 2 aromatic rings. The van der Waals surface area contributed by atoms with Crippen molar-refractivity contribution in [3.63, 3.8) is 0 Å². The van der Waals surface area contributed by atoms with Crippen molar-refractivity contribution in [3.8, 4) is 23.0 Å². The number of hydrogen-bond donors (Lipinski definition) is 2. The van der Waals surface area contributed by atoms with Gasteiger partial charge in [0.25, 0.3) is 0 Å². The minimum atomic E-state index is 0.465. The van der Waals surface area contributed by atoms with Gasteiger partial charge in [0, 0.05) is 22.3 Å². The van der Waals surface area contributed by atoms with Crippen molar-refractivity contribution in [2.24, 2.45) is 0 Å². The smallest absolute Gasteiger partial charge is 0.131 e. The summed E-state index contributed by atoms with van der Waals surface area (Å²) < 4.78 is 6.78. The maximum absolute atomic E-state index is 11.1. The lowest BCUT2D eigenvalue weighted by atomic mass is 9.92. The normalized spacial score (nSPS) is 11.2. The molecule has 0 aliphatic heterocycles. The average molecular weight is 455 g/mol. The summed E-state index contributed by atoms with van der Waals surface area (Å²) >= 11 is 0. The van der Waals surface area contributed by atoms with Gasteiger partial charge in [-0.3, -0.25) is 0 Å². The number of benzene rings is 2. The van der Waals surface area contributed by atoms with E-state index in [2.05, 4.69) is 53.7 Å². The Balaban J connectivity index is 2.75. The molecule has 3 nitrogen and oxygen atoms in total. The third kappa shape index (κ3) is 6.46. The number of aromatic hydroxyl groups is 2. The molecular formula is C30H46O3. The fourth-order valence-corrected chi connectivity index (χ4v) is 4.91. The molecule has 0 aromatic heterocycles. The number of aryl methyl sites for hydroxylation is 2. The van der Waals surface area contributed by atoms with Gasteiger partial charge in [-0.25, -0.2) is 0 Å². The van der Waals surface area contributed by atoms with Gasteiger partial charge in [0.15, 0.2) is 0 Å². The van der Waals surface area contributed by atoms with Crippen molar-refractivity contribution in [2.75, 3.05) is 0 Å². The van der Waals surface area contributed by atoms with Gasteiger partial charge in [-0.05, 0) is 61.8 Å². The molecule has 0 unspecified atom stereocenters. The largest absolute Gasteiger partial charge is 0.507 e. The van der Waals surface area contributed by atoms with Gasteiger partial charge in [0.2, 0.25) is 0 Å². The first-order valence-electron chi connectivity index (χ1n) is 13.4. The molecule has 0 radical (unpaired) electrons. The van der Waals surface area contributed by atoms with Gasteiger partial charge in [-0.1, -0.05) is 80.1 Å². The molecule has 0 spiro atoms. The second-order valence-corrected chi connectivity index (χ2v) is 9.28. The lowest BCUT2D eigenvalue weighted by Gasteiger charge is -2.23. The average Bonchev–Trinajstić information content (AvgIpc) is 2.79. The molecule has 0 amide bonds. The zero-order valence-electron chi connectivity index (χ0n) is 21.9. The van der Waals surface area contributed by atoms with Crippen LogP contribution in [0, 0.1) is 0 Å². The summed E-state index contributed by atoms with van der Waals surface area (Å²) in [4.78, 5) is 0. The fourth-order valence-electron chi connectivity index (χ4n) is 4.91. The van der Waals surface area contributed by atoms with Crippen LogP contribution >= 0.6 is 0 Å². The second kappa shape index (κ2) is 13.5. The van der Waals surface area contributed by atoms with E-state index in [-0.39, 0.29) is 0 Å². The molecule has 2 rings (SSSR count). The summed E-state index contributed by atoms with van der Waals surface area (Å²) in [6, 6.07) is 4.15. The van der Waals surface area contributed by atoms with Crippen LogP contribution in [0.25, 0.3) is 0 Å². The van der Waals surface area contributed by atoms with Crippen molar-refractivity contribution < 1.29 is 14.9 Å². The van der Waals surface area contributed by atoms with Crippen molar-refractivity contribution in [1.82, 2.24) is 0 Å². The highest BCUT2D eigenvalue weighted by Gasteiger charge is 2.22. The van der Waals surface area contributed by atoms with Crippen molar-refractivity contribution in [1.29, 1.82) is 0 Å². The molecule has 0 bridgehead atoms. The first kappa shape index (κ1) is 27.1. The van der Waals surface area contributed by atoms with Crippen molar-refractivity contribution in [3.05, 3.63) is 45.5 Å². The summed E-state index contributed by atoms with van der Waals surface area (Å²) in [6.45, 7) is 13.0. The molecular weight excluding hydrogens is 408 g/mol. The Labute approximate surface area is 202 Å². The van der Waals surface area contributed by atoms with E-state index in [1.54, 1.807) is 0 Å². The monoisotopic (exact) mass is 454 g/mol. The molecule has 0 saturated heterocycles. The van der Waals surface area contributed by atoms with E-state index in [1.807, 2.05) is 0 Å². The summed E-state index contributed by atoms with van der Waals surface area (Å²) in [5.74, 6) is 2.70. The zero-order valence-corrected chi connectivity index (χ0v) is 21.9. The van der Waals surface area contributed by atoms with Gasteiger partial charge >= 0.3 is 0 Å². The van der Waals surface area contributed by atoms with Crippen LogP contribution in [0.1, 0.15) is 113 Å². The summed E-state index contributed by atoms with van der Waals surface area (Å²) in [7, 11) is 0. The molecule has 0 atom stereocenters. The molecule has 33 heavy (non-hydrogen) atoms. The van der Waals surface area contributed by atoms with Gasteiger partial charge in [0.1, 0.15) is 23.0 Å². The van der Waals surface area contributed by atoms with E-state index >= 15 is 0 Å². The van der Waals surface area contributed by atoms with E-state index in [0.29, 0.717) is 11.5 Å². The van der Waals surface area contributed by atoms with E-state index in [0.717, 1.165) is 122 Å². The van der Waals surface area contributed by atoms with Gasteiger partial charge < -0.3 is 14.9 Å². The van der Waals surface area contributed by atoms with Crippen LogP contribution in [-0.4, -0.2) is 10.2 Å². The Morgan fingerprint density at radius 3 is 1.09 bits per heavy atom. The van der Waals surface area contributed by atoms with E-state index < -0.39 is 0 Å². The molecule has 2 aromatic carbocycles. The quantitative estimate of drug-likeness (QED) is 0.300. The molecule has 0 aliphatic rings. The number of phenolic OH excluding ortho intramolecular Hbond substituents is 2. The van der Waals surface area contributed by atoms with Gasteiger partial charge in [-0.15, -0.1) is 0 Å². The van der Waals surface area contributed by atoms with Crippen LogP contribution in [-0.2, 0) is 38.5 Å². The van der Waals surface area contributed by atoms with Crippen LogP contribution in [0.2, 0.25) is 0 Å². The SMILES string of the molecule is CCCc1cc(Oc2cc(CCC)c(O)c(CCC)c2CCC)c(CCC)c(CCC)c1O. The topological polar surface area (TPSA) is 49.7 Å². The van der Waals surface area contributed by atoms with E-state index in [1.165, 1.54) is 0 Å². The predicted octanol–water partition coefficient (Wildman–Crippen LogP) is 8.61. The standard InChI is InChI=1S/C30H46O3/c1-7-13-21-19-27(23(15-9-3)25(17-11-5)29(21)31)33-28-20-22(14-8-2)30(32)26(18-12-6)24(28)16-10-4/h19-20,31-32H,7-18H2,1-6H3. The number of rotatable bonds is 14. The van der Waals surface area contributed by atoms with Crippen molar-refractivity contribution in [2.45, 2.75) is 119 Å². The Morgan fingerprint density at radius 2 is 0.788 bits per heavy atom. The third-order valence-corrected chi connectivity index (χ3v) is 6.37. The van der Waals surface area contributed by atoms with E-state index in [4.69, 9.17) is 4.74 Å². The summed E-state index contributed by atoms with van der Waals surface area (Å²) in [5, 5.41) is 22.1. The second-order valence-electron chi connectivity index (χ2n) is 9.28. The van der Waals surface area contributed by atoms with Crippen LogP contribution in [0.5, 0.6) is 23.0 Å². The lowest BCUT2D eigenvalue weighted by Crippen LogP contribution is -2.06. The summed E-state index contributed by atoms with van der Waals surface area (Å²) in [5.41, 5.74) is 6.35. The first-order chi connectivity index (χ1) is 16.0. The van der Waals surface area contributed by atoms with Crippen LogP contribution in [0.4, 0.5) is 0 Å². The molecule has 0 saturated carbocycles. The van der Waals surface area contributed by atoms with Gasteiger partial charge in [-0.2, -0.15) is 0 Å². The van der Waals surface area contributed by atoms with Crippen LogP contribution < -0.4 is 4.74 Å². The van der Waals surface area contributed by atoms with Crippen LogP contribution in [0.15, 0.2) is 12.1 Å². The fraction of sp³-hybridized carbons (Fsp3) is 0.600. The van der Waals surface area contributed by atoms with Crippen LogP contribution in [0.3, 0.4) is 0 Å². The lowest BCUT2D eigenvalue weighted by molar-refractivity contribution is 0.434. The third-order valence-electron chi connectivity index (χ3n) is 6.37. The highest BCUT2D eigenvalue weighted by Crippen LogP contribution is 2.42. The Hall–Kier alpha value is -2.16. The Bertz CT molecular complexity index is 825. The molecule has 0 aliphatic carbocycles. The Kier molecular flexibility index (Phi) is 11.1. The maximum Gasteiger partial charge on any atom is 0.131 e. The number of hydrogen-bond acceptors (Lipinski definition) is 3.